The molecule has 1 amide bonds. The van der Waals surface area contributed by atoms with E-state index in [-0.39, 0.29) is 6.09 Å². The van der Waals surface area contributed by atoms with E-state index in [9.17, 15) is 10.1 Å². The van der Waals surface area contributed by atoms with Crippen LogP contribution in [0, 0.1) is 29.1 Å². The van der Waals surface area contributed by atoms with E-state index in [1.54, 1.807) is 13.1 Å². The molecule has 6 heteroatoms. The van der Waals surface area contributed by atoms with E-state index in [4.69, 9.17) is 9.73 Å². The molecule has 1 unspecified atom stereocenters. The molecule has 2 aliphatic rings. The topological polar surface area (TPSA) is 68.9 Å². The van der Waals surface area contributed by atoms with Crippen molar-refractivity contribution in [2.75, 3.05) is 20.1 Å². The van der Waals surface area contributed by atoms with Gasteiger partial charge >= 0.3 is 6.09 Å². The molecule has 1 aliphatic carbocycles. The molecule has 0 N–H and O–H groups in total. The summed E-state index contributed by atoms with van der Waals surface area (Å²) < 4.78 is 5.68. The lowest BCUT2D eigenvalue weighted by molar-refractivity contribution is 0.0226. The van der Waals surface area contributed by atoms with Gasteiger partial charge in [0.05, 0.1) is 11.6 Å². The van der Waals surface area contributed by atoms with Crippen molar-refractivity contribution in [3.63, 3.8) is 0 Å². The second-order valence-electron chi connectivity index (χ2n) is 13.2. The summed E-state index contributed by atoms with van der Waals surface area (Å²) in [5.41, 5.74) is 6.09. The third kappa shape index (κ3) is 10.3. The highest BCUT2D eigenvalue weighted by Crippen LogP contribution is 2.47. The maximum Gasteiger partial charge on any atom is 0.410 e. The van der Waals surface area contributed by atoms with E-state index in [2.05, 4.69) is 64.6 Å². The number of rotatable bonds is 14. The highest BCUT2D eigenvalue weighted by Gasteiger charge is 2.38. The van der Waals surface area contributed by atoms with Crippen LogP contribution in [0.3, 0.4) is 0 Å². The first kappa shape index (κ1) is 35.6. The molecule has 1 aliphatic heterocycles. The summed E-state index contributed by atoms with van der Waals surface area (Å²) >= 11 is 0. The minimum Gasteiger partial charge on any atom is -0.444 e. The number of amidine groups is 1. The van der Waals surface area contributed by atoms with Crippen LogP contribution in [0.25, 0.3) is 0 Å². The lowest BCUT2D eigenvalue weighted by atomic mass is 9.88. The van der Waals surface area contributed by atoms with Crippen molar-refractivity contribution in [2.24, 2.45) is 22.7 Å². The van der Waals surface area contributed by atoms with Gasteiger partial charge in [-0.2, -0.15) is 5.26 Å². The van der Waals surface area contributed by atoms with Gasteiger partial charge < -0.3 is 14.5 Å². The van der Waals surface area contributed by atoms with Crippen LogP contribution >= 0.6 is 0 Å². The van der Waals surface area contributed by atoms with Gasteiger partial charge in [0.2, 0.25) is 0 Å². The Morgan fingerprint density at radius 2 is 1.93 bits per heavy atom. The Bertz CT molecular complexity index is 1270. The summed E-state index contributed by atoms with van der Waals surface area (Å²) in [4.78, 5) is 21.6. The van der Waals surface area contributed by atoms with Crippen molar-refractivity contribution in [3.05, 3.63) is 83.3 Å². The van der Waals surface area contributed by atoms with Crippen molar-refractivity contribution >= 4 is 11.9 Å². The molecular weight excluding hydrogens is 532 g/mol. The second-order valence-corrected chi connectivity index (χ2v) is 13.2. The summed E-state index contributed by atoms with van der Waals surface area (Å²) in [7, 11) is 1.80. The first-order chi connectivity index (χ1) is 20.2. The molecule has 0 aromatic rings. The van der Waals surface area contributed by atoms with Crippen LogP contribution in [-0.2, 0) is 4.74 Å². The van der Waals surface area contributed by atoms with Crippen molar-refractivity contribution in [2.45, 2.75) is 93.1 Å². The molecule has 6 nitrogen and oxygen atoms in total. The van der Waals surface area contributed by atoms with Gasteiger partial charge in [-0.25, -0.2) is 4.79 Å². The van der Waals surface area contributed by atoms with Gasteiger partial charge in [0, 0.05) is 37.6 Å². The van der Waals surface area contributed by atoms with Gasteiger partial charge in [-0.05, 0) is 100 Å². The van der Waals surface area contributed by atoms with E-state index in [0.29, 0.717) is 42.8 Å². The molecule has 0 radical (unpaired) electrons. The number of carbonyl (C=O) groups is 1. The maximum absolute atomic E-state index is 12.9. The average molecular weight is 587 g/mol. The quantitative estimate of drug-likeness (QED) is 0.150. The first-order valence-electron chi connectivity index (χ1n) is 15.7. The van der Waals surface area contributed by atoms with Gasteiger partial charge in [-0.15, -0.1) is 0 Å². The zero-order valence-corrected chi connectivity index (χ0v) is 28.2. The van der Waals surface area contributed by atoms with Crippen molar-refractivity contribution in [1.82, 2.24) is 9.80 Å². The Morgan fingerprint density at radius 1 is 1.28 bits per heavy atom. The Hall–Kier alpha value is -3.59. The largest absolute Gasteiger partial charge is 0.444 e. The summed E-state index contributed by atoms with van der Waals surface area (Å²) in [5, 5.41) is 9.85. The Balaban J connectivity index is 2.45. The van der Waals surface area contributed by atoms with Crippen LogP contribution in [0.5, 0.6) is 0 Å². The van der Waals surface area contributed by atoms with Gasteiger partial charge in [0.25, 0.3) is 0 Å². The number of amides is 1. The van der Waals surface area contributed by atoms with E-state index in [1.807, 2.05) is 44.7 Å². The van der Waals surface area contributed by atoms with Gasteiger partial charge in [0.15, 0.2) is 0 Å². The molecule has 2 rings (SSSR count). The Kier molecular flexibility index (Phi) is 13.0. The summed E-state index contributed by atoms with van der Waals surface area (Å²) in [6.07, 6.45) is 12.2. The van der Waals surface area contributed by atoms with Crippen LogP contribution in [0.4, 0.5) is 4.79 Å². The van der Waals surface area contributed by atoms with Crippen molar-refractivity contribution in [3.8, 4) is 6.07 Å². The number of allylic oxidation sites excluding steroid dienone is 7. The molecule has 0 saturated heterocycles. The van der Waals surface area contributed by atoms with Crippen molar-refractivity contribution < 1.29 is 9.53 Å². The Morgan fingerprint density at radius 3 is 2.40 bits per heavy atom. The third-order valence-electron chi connectivity index (χ3n) is 7.44. The molecule has 1 fully saturated rings. The van der Waals surface area contributed by atoms with E-state index in [1.165, 1.54) is 5.57 Å². The number of ether oxygens (including phenoxy) is 1. The minimum atomic E-state index is -0.542. The molecule has 234 valence electrons. The predicted molar refractivity (Wildman–Crippen MR) is 180 cm³/mol. The van der Waals surface area contributed by atoms with Crippen LogP contribution in [-0.4, -0.2) is 47.5 Å². The number of hydrogen-bond acceptors (Lipinski definition) is 4. The summed E-state index contributed by atoms with van der Waals surface area (Å²) in [6.45, 7) is 30.3. The number of nitrogens with zero attached hydrogens (tertiary/aromatic N) is 4. The maximum atomic E-state index is 12.9. The molecule has 0 bridgehead atoms. The molecular formula is C37H54N4O2. The fourth-order valence-corrected chi connectivity index (χ4v) is 5.14. The fourth-order valence-electron chi connectivity index (χ4n) is 5.14. The minimum absolute atomic E-state index is 0.279. The molecule has 1 atom stereocenters. The number of nitriles is 1. The summed E-state index contributed by atoms with van der Waals surface area (Å²) in [5.74, 6) is 1.89. The van der Waals surface area contributed by atoms with Crippen LogP contribution < -0.4 is 0 Å². The first-order valence-corrected chi connectivity index (χ1v) is 15.7. The number of carbonyl (C=O) groups excluding carboxylic acids is 1. The van der Waals surface area contributed by atoms with Gasteiger partial charge in [-0.3, -0.25) is 4.99 Å². The second kappa shape index (κ2) is 15.8. The molecule has 0 aromatic heterocycles. The zero-order chi connectivity index (χ0) is 32.5. The Labute approximate surface area is 261 Å². The SMILES string of the molecule is C=C/C(=C\C(C#N)=C/C(C)CC)N1C=C(C2CC2)C(=C(/C(=C)C)C(=C)CCCN(CC(C)C)C(=O)OC(C)(C)C)/C1=N\C. The van der Waals surface area contributed by atoms with Gasteiger partial charge in [-0.1, -0.05) is 65.5 Å². The highest BCUT2D eigenvalue weighted by atomic mass is 16.6. The third-order valence-corrected chi connectivity index (χ3v) is 7.44. The van der Waals surface area contributed by atoms with Gasteiger partial charge in [0.1, 0.15) is 11.4 Å². The van der Waals surface area contributed by atoms with E-state index >= 15 is 0 Å². The molecule has 1 heterocycles. The fraction of sp³-hybridized carbons (Fsp3) is 0.541. The number of hydrogen-bond donors (Lipinski definition) is 0. The zero-order valence-electron chi connectivity index (χ0n) is 28.2. The monoisotopic (exact) mass is 586 g/mol. The molecule has 1 saturated carbocycles. The van der Waals surface area contributed by atoms with E-state index < -0.39 is 5.60 Å². The average Bonchev–Trinajstić information content (AvgIpc) is 3.70. The predicted octanol–water partition coefficient (Wildman–Crippen LogP) is 9.29. The molecule has 0 aromatic carbocycles. The summed E-state index contributed by atoms with van der Waals surface area (Å²) in [6, 6.07) is 2.34. The highest BCUT2D eigenvalue weighted by molar-refractivity contribution is 6.09. The molecule has 43 heavy (non-hydrogen) atoms. The molecule has 0 spiro atoms. The lowest BCUT2D eigenvalue weighted by Crippen LogP contribution is -2.39. The normalized spacial score (nSPS) is 18.8. The van der Waals surface area contributed by atoms with Crippen LogP contribution in [0.2, 0.25) is 0 Å². The van der Waals surface area contributed by atoms with E-state index in [0.717, 1.165) is 59.5 Å². The van der Waals surface area contributed by atoms with Crippen molar-refractivity contribution in [1.29, 1.82) is 5.26 Å². The standard InChI is InChI=1S/C37H54N4O2/c1-13-27(7)20-29(22-38)21-31(14-2)41-24-32(30-17-18-30)34(35(41)39-12)33(26(5)6)28(8)16-15-19-40(23-25(3)4)36(42)43-37(9,10)11/h14,20-21,24-25,27,30H,2,5,8,13,15-19,23H2,1,3-4,6-7,9-12H3/b29-20+,31-21+,34-33+,39-35+. The van der Waals surface area contributed by atoms with Crippen LogP contribution in [0.15, 0.2) is 88.3 Å². The lowest BCUT2D eigenvalue weighted by Gasteiger charge is -2.29. The van der Waals surface area contributed by atoms with Crippen LogP contribution in [0.1, 0.15) is 87.5 Å². The smallest absolute Gasteiger partial charge is 0.410 e. The number of aliphatic imine (C=N–C) groups is 1.